The quantitative estimate of drug-likeness (QED) is 0.245. The number of hydrogen-bond acceptors (Lipinski definition) is 9. The number of aliphatic hydroxyl groups excluding tert-OH is 6. The van der Waals surface area contributed by atoms with Crippen LogP contribution in [0.2, 0.25) is 0 Å². The second-order valence-electron chi connectivity index (χ2n) is 4.77. The highest BCUT2D eigenvalue weighted by molar-refractivity contribution is 5.71. The normalized spacial score (nSPS) is 36.2. The van der Waals surface area contributed by atoms with E-state index in [1.807, 2.05) is 0 Å². The highest BCUT2D eigenvalue weighted by Crippen LogP contribution is 2.22. The maximum atomic E-state index is 10.4. The largest absolute Gasteiger partial charge is 0.479 e. The zero-order chi connectivity index (χ0) is 16.2. The van der Waals surface area contributed by atoms with Gasteiger partial charge in [0.2, 0.25) is 0 Å². The summed E-state index contributed by atoms with van der Waals surface area (Å²) in [5, 5.41) is 64.6. The van der Waals surface area contributed by atoms with Gasteiger partial charge in [0.25, 0.3) is 0 Å². The van der Waals surface area contributed by atoms with Crippen molar-refractivity contribution in [2.75, 3.05) is 13.2 Å². The molecule has 124 valence electrons. The van der Waals surface area contributed by atoms with E-state index >= 15 is 0 Å². The fourth-order valence-corrected chi connectivity index (χ4v) is 1.84. The molecule has 21 heavy (non-hydrogen) atoms. The minimum Gasteiger partial charge on any atom is -0.479 e. The first kappa shape index (κ1) is 18.2. The summed E-state index contributed by atoms with van der Waals surface area (Å²) in [4.78, 5) is 10.4. The zero-order valence-corrected chi connectivity index (χ0v) is 11.0. The van der Waals surface area contributed by atoms with Crippen LogP contribution in [0.15, 0.2) is 0 Å². The Labute approximate surface area is 119 Å². The molecule has 1 saturated heterocycles. The topological polar surface area (TPSA) is 177 Å². The lowest BCUT2D eigenvalue weighted by molar-refractivity contribution is -0.304. The lowest BCUT2D eigenvalue weighted by Gasteiger charge is -2.39. The van der Waals surface area contributed by atoms with Crippen molar-refractivity contribution in [3.05, 3.63) is 0 Å². The number of aliphatic carboxylic acids is 1. The van der Waals surface area contributed by atoms with Crippen LogP contribution < -0.4 is 0 Å². The number of carboxylic acids is 1. The number of hydrogen-bond donors (Lipinski definition) is 7. The molecule has 0 aromatic rings. The standard InChI is InChI=1S/C11H20O10/c12-2-6-7(15)8(16)9(17)11(21-6)20-3-4(13)1-5(14)10(18)19/h4-9,11-17H,1-3H2,(H,18,19)/t4-,5-,6+,7-,8-,9+,11-/m0/s1. The van der Waals surface area contributed by atoms with Crippen molar-refractivity contribution in [3.63, 3.8) is 0 Å². The van der Waals surface area contributed by atoms with Gasteiger partial charge in [-0.3, -0.25) is 0 Å². The van der Waals surface area contributed by atoms with E-state index in [0.29, 0.717) is 0 Å². The molecule has 1 aliphatic heterocycles. The molecule has 1 aliphatic rings. The molecular weight excluding hydrogens is 292 g/mol. The van der Waals surface area contributed by atoms with Crippen molar-refractivity contribution in [1.82, 2.24) is 0 Å². The minimum absolute atomic E-state index is 0.479. The first-order chi connectivity index (χ1) is 9.77. The summed E-state index contributed by atoms with van der Waals surface area (Å²) in [7, 11) is 0. The van der Waals surface area contributed by atoms with Crippen LogP contribution in [0.1, 0.15) is 6.42 Å². The van der Waals surface area contributed by atoms with E-state index < -0.39 is 68.5 Å². The molecule has 10 heteroatoms. The Kier molecular flexibility index (Phi) is 6.90. The number of aliphatic hydroxyl groups is 6. The smallest absolute Gasteiger partial charge is 0.332 e. The summed E-state index contributed by atoms with van der Waals surface area (Å²) in [6.45, 7) is -1.10. The number of ether oxygens (including phenoxy) is 2. The molecule has 1 heterocycles. The molecule has 0 bridgehead atoms. The maximum Gasteiger partial charge on any atom is 0.332 e. The predicted octanol–water partition coefficient (Wildman–Crippen LogP) is -4.00. The highest BCUT2D eigenvalue weighted by atomic mass is 16.7. The van der Waals surface area contributed by atoms with Crippen LogP contribution in [-0.4, -0.2) is 97.8 Å². The summed E-state index contributed by atoms with van der Waals surface area (Å²) in [6, 6.07) is 0. The molecule has 1 fully saturated rings. The van der Waals surface area contributed by atoms with Crippen molar-refractivity contribution in [2.45, 2.75) is 49.3 Å². The molecule has 1 rings (SSSR count). The van der Waals surface area contributed by atoms with E-state index in [-0.39, 0.29) is 0 Å². The van der Waals surface area contributed by atoms with Gasteiger partial charge in [0.1, 0.15) is 24.4 Å². The van der Waals surface area contributed by atoms with Crippen molar-refractivity contribution in [3.8, 4) is 0 Å². The monoisotopic (exact) mass is 312 g/mol. The van der Waals surface area contributed by atoms with E-state index in [0.717, 1.165) is 0 Å². The van der Waals surface area contributed by atoms with E-state index in [9.17, 15) is 25.2 Å². The van der Waals surface area contributed by atoms with Crippen LogP contribution in [0.4, 0.5) is 0 Å². The molecule has 7 N–H and O–H groups in total. The Bertz CT molecular complexity index is 335. The molecule has 10 nitrogen and oxygen atoms in total. The van der Waals surface area contributed by atoms with E-state index in [2.05, 4.69) is 0 Å². The molecule has 0 aromatic heterocycles. The molecule has 0 spiro atoms. The van der Waals surface area contributed by atoms with Crippen LogP contribution in [0.5, 0.6) is 0 Å². The lowest BCUT2D eigenvalue weighted by Crippen LogP contribution is -2.59. The Morgan fingerprint density at radius 3 is 2.29 bits per heavy atom. The van der Waals surface area contributed by atoms with Crippen molar-refractivity contribution in [1.29, 1.82) is 0 Å². The molecule has 0 aromatic carbocycles. The van der Waals surface area contributed by atoms with Gasteiger partial charge in [0.05, 0.1) is 19.3 Å². The number of carboxylic acid groups (broad SMARTS) is 1. The van der Waals surface area contributed by atoms with Gasteiger partial charge in [-0.05, 0) is 0 Å². The Balaban J connectivity index is 2.48. The third-order valence-corrected chi connectivity index (χ3v) is 3.08. The van der Waals surface area contributed by atoms with Gasteiger partial charge in [-0.25, -0.2) is 4.79 Å². The van der Waals surface area contributed by atoms with Gasteiger partial charge in [0.15, 0.2) is 12.4 Å². The second kappa shape index (κ2) is 7.96. The molecule has 0 amide bonds. The average molecular weight is 312 g/mol. The molecule has 0 saturated carbocycles. The van der Waals surface area contributed by atoms with Crippen molar-refractivity contribution in [2.24, 2.45) is 0 Å². The Hall–Kier alpha value is -0.850. The average Bonchev–Trinajstić information content (AvgIpc) is 2.44. The summed E-state index contributed by atoms with van der Waals surface area (Å²) >= 11 is 0. The minimum atomic E-state index is -1.77. The SMILES string of the molecule is O=C(O)[C@@H](O)C[C@H](O)CO[C@H]1O[C@H](CO)[C@H](O)[C@H](O)[C@H]1O. The van der Waals surface area contributed by atoms with Crippen LogP contribution in [0, 0.1) is 0 Å². The zero-order valence-electron chi connectivity index (χ0n) is 11.0. The van der Waals surface area contributed by atoms with Crippen molar-refractivity contribution >= 4 is 5.97 Å². The second-order valence-corrected chi connectivity index (χ2v) is 4.77. The lowest BCUT2D eigenvalue weighted by atomic mass is 9.99. The summed E-state index contributed by atoms with van der Waals surface area (Å²) in [6.07, 6.45) is -10.9. The first-order valence-electron chi connectivity index (χ1n) is 6.29. The molecule has 0 radical (unpaired) electrons. The van der Waals surface area contributed by atoms with Gasteiger partial charge >= 0.3 is 5.97 Å². The van der Waals surface area contributed by atoms with Gasteiger partial charge < -0.3 is 45.2 Å². The van der Waals surface area contributed by atoms with Crippen LogP contribution in [-0.2, 0) is 14.3 Å². The number of carbonyl (C=O) groups is 1. The summed E-state index contributed by atoms with van der Waals surface area (Å²) in [5.41, 5.74) is 0. The molecule has 7 atom stereocenters. The Morgan fingerprint density at radius 1 is 1.14 bits per heavy atom. The Morgan fingerprint density at radius 2 is 1.76 bits per heavy atom. The fourth-order valence-electron chi connectivity index (χ4n) is 1.84. The first-order valence-corrected chi connectivity index (χ1v) is 6.29. The van der Waals surface area contributed by atoms with Gasteiger partial charge in [-0.2, -0.15) is 0 Å². The van der Waals surface area contributed by atoms with E-state index in [1.165, 1.54) is 0 Å². The number of rotatable bonds is 7. The van der Waals surface area contributed by atoms with Crippen LogP contribution in [0.25, 0.3) is 0 Å². The molecule has 0 aliphatic carbocycles. The highest BCUT2D eigenvalue weighted by Gasteiger charge is 2.44. The van der Waals surface area contributed by atoms with Gasteiger partial charge in [-0.15, -0.1) is 0 Å². The van der Waals surface area contributed by atoms with Crippen LogP contribution >= 0.6 is 0 Å². The summed E-state index contributed by atoms with van der Waals surface area (Å²) in [5.74, 6) is -1.50. The predicted molar refractivity (Wildman–Crippen MR) is 64.0 cm³/mol. The molecular formula is C11H20O10. The third kappa shape index (κ3) is 4.83. The molecule has 0 unspecified atom stereocenters. The van der Waals surface area contributed by atoms with Gasteiger partial charge in [-0.1, -0.05) is 0 Å². The van der Waals surface area contributed by atoms with Gasteiger partial charge in [0, 0.05) is 6.42 Å². The fraction of sp³-hybridized carbons (Fsp3) is 0.909. The third-order valence-electron chi connectivity index (χ3n) is 3.08. The van der Waals surface area contributed by atoms with Crippen LogP contribution in [0.3, 0.4) is 0 Å². The van der Waals surface area contributed by atoms with Crippen molar-refractivity contribution < 1.29 is 50.0 Å². The maximum absolute atomic E-state index is 10.4. The van der Waals surface area contributed by atoms with E-state index in [4.69, 9.17) is 24.8 Å². The van der Waals surface area contributed by atoms with E-state index in [1.54, 1.807) is 0 Å². The summed E-state index contributed by atoms with van der Waals surface area (Å²) < 4.78 is 9.99.